The molecule has 0 radical (unpaired) electrons. The number of halogens is 1. The van der Waals surface area contributed by atoms with E-state index in [1.807, 2.05) is 31.2 Å². The fourth-order valence-electron chi connectivity index (χ4n) is 1.78. The van der Waals surface area contributed by atoms with E-state index in [0.29, 0.717) is 0 Å². The highest BCUT2D eigenvalue weighted by molar-refractivity contribution is 14.1. The minimum absolute atomic E-state index is 0.0942. The van der Waals surface area contributed by atoms with Gasteiger partial charge in [-0.05, 0) is 47.2 Å². The van der Waals surface area contributed by atoms with Gasteiger partial charge < -0.3 is 5.32 Å². The molecular weight excluding hydrogens is 355 g/mol. The lowest BCUT2D eigenvalue weighted by Gasteiger charge is -2.16. The lowest BCUT2D eigenvalue weighted by atomic mass is 10.1. The van der Waals surface area contributed by atoms with E-state index in [0.717, 1.165) is 14.8 Å². The third-order valence-electron chi connectivity index (χ3n) is 2.85. The average Bonchev–Trinajstić information content (AvgIpc) is 2.41. The molecule has 98 valence electrons. The summed E-state index contributed by atoms with van der Waals surface area (Å²) in [4.78, 5) is 10.2. The molecule has 2 rings (SSSR count). The first kappa shape index (κ1) is 13.8. The van der Waals surface area contributed by atoms with Gasteiger partial charge in [-0.25, -0.2) is 0 Å². The van der Waals surface area contributed by atoms with Crippen LogP contribution in [0.2, 0.25) is 0 Å². The van der Waals surface area contributed by atoms with E-state index >= 15 is 0 Å². The zero-order valence-electron chi connectivity index (χ0n) is 10.3. The molecule has 1 N–H and O–H groups in total. The van der Waals surface area contributed by atoms with Crippen LogP contribution in [0.1, 0.15) is 18.5 Å². The van der Waals surface area contributed by atoms with Crippen molar-refractivity contribution in [3.63, 3.8) is 0 Å². The van der Waals surface area contributed by atoms with Gasteiger partial charge in [-0.1, -0.05) is 24.3 Å². The maximum atomic E-state index is 10.6. The van der Waals surface area contributed by atoms with Crippen LogP contribution in [0.5, 0.6) is 0 Å². The number of benzene rings is 2. The summed E-state index contributed by atoms with van der Waals surface area (Å²) in [5.41, 5.74) is 2.20. The molecule has 0 aliphatic heterocycles. The first-order valence-corrected chi connectivity index (χ1v) is 6.91. The number of nitrogens with one attached hydrogen (secondary N) is 1. The molecule has 19 heavy (non-hydrogen) atoms. The van der Waals surface area contributed by atoms with Gasteiger partial charge in [-0.15, -0.1) is 0 Å². The van der Waals surface area contributed by atoms with E-state index in [4.69, 9.17) is 0 Å². The lowest BCUT2D eigenvalue weighted by molar-refractivity contribution is -0.384. The molecule has 1 unspecified atom stereocenters. The van der Waals surface area contributed by atoms with Crippen LogP contribution in [-0.4, -0.2) is 4.92 Å². The van der Waals surface area contributed by atoms with Gasteiger partial charge in [0.25, 0.3) is 5.69 Å². The summed E-state index contributed by atoms with van der Waals surface area (Å²) in [6.45, 7) is 2.03. The molecule has 5 heteroatoms. The highest BCUT2D eigenvalue weighted by Crippen LogP contribution is 2.24. The van der Waals surface area contributed by atoms with Crippen LogP contribution < -0.4 is 5.32 Å². The number of para-hydroxylation sites is 1. The van der Waals surface area contributed by atoms with Crippen LogP contribution in [-0.2, 0) is 0 Å². The summed E-state index contributed by atoms with van der Waals surface area (Å²) < 4.78 is 1.15. The van der Waals surface area contributed by atoms with Crippen LogP contribution in [0.15, 0.2) is 48.5 Å². The second-order valence-corrected chi connectivity index (χ2v) is 5.36. The summed E-state index contributed by atoms with van der Waals surface area (Å²) in [6.07, 6.45) is 0. The Morgan fingerprint density at radius 1 is 1.16 bits per heavy atom. The van der Waals surface area contributed by atoms with Crippen LogP contribution in [0, 0.1) is 13.7 Å². The molecule has 0 amide bonds. The summed E-state index contributed by atoms with van der Waals surface area (Å²) in [5.74, 6) is 0. The van der Waals surface area contributed by atoms with Gasteiger partial charge in [0.15, 0.2) is 0 Å². The number of rotatable bonds is 4. The Hall–Kier alpha value is -1.63. The van der Waals surface area contributed by atoms with Crippen molar-refractivity contribution in [2.45, 2.75) is 13.0 Å². The van der Waals surface area contributed by atoms with Gasteiger partial charge in [-0.3, -0.25) is 10.1 Å². The molecule has 0 saturated heterocycles. The molecule has 0 fully saturated rings. The van der Waals surface area contributed by atoms with Crippen molar-refractivity contribution in [3.05, 3.63) is 67.8 Å². The van der Waals surface area contributed by atoms with Crippen molar-refractivity contribution in [2.75, 3.05) is 5.32 Å². The first-order valence-electron chi connectivity index (χ1n) is 5.83. The first-order chi connectivity index (χ1) is 9.08. The standard InChI is InChI=1S/C14H13IN2O2/c1-10(16-14-5-3-2-4-13(14)15)11-6-8-12(9-7-11)17(18)19/h2-10,16H,1H3. The molecule has 1 atom stereocenters. The Balaban J connectivity index is 2.14. The summed E-state index contributed by atoms with van der Waals surface area (Å²) in [7, 11) is 0. The van der Waals surface area contributed by atoms with Crippen molar-refractivity contribution in [1.82, 2.24) is 0 Å². The molecule has 0 aromatic heterocycles. The Morgan fingerprint density at radius 3 is 2.37 bits per heavy atom. The quantitative estimate of drug-likeness (QED) is 0.495. The zero-order valence-corrected chi connectivity index (χ0v) is 12.5. The molecule has 0 spiro atoms. The molecule has 2 aromatic carbocycles. The van der Waals surface area contributed by atoms with Gasteiger partial charge in [0, 0.05) is 27.4 Å². The second-order valence-electron chi connectivity index (χ2n) is 4.19. The molecule has 0 heterocycles. The largest absolute Gasteiger partial charge is 0.378 e. The SMILES string of the molecule is CC(Nc1ccccc1I)c1ccc([N+](=O)[O-])cc1. The topological polar surface area (TPSA) is 55.2 Å². The summed E-state index contributed by atoms with van der Waals surface area (Å²) in [5, 5.41) is 14.0. The molecular formula is C14H13IN2O2. The van der Waals surface area contributed by atoms with E-state index in [1.165, 1.54) is 12.1 Å². The van der Waals surface area contributed by atoms with Crippen molar-refractivity contribution in [3.8, 4) is 0 Å². The Kier molecular flexibility index (Phi) is 4.36. The fourth-order valence-corrected chi connectivity index (χ4v) is 2.32. The van der Waals surface area contributed by atoms with E-state index in [1.54, 1.807) is 12.1 Å². The predicted octanol–water partition coefficient (Wildman–Crippen LogP) is 4.37. The number of nitro groups is 1. The van der Waals surface area contributed by atoms with Crippen molar-refractivity contribution in [1.29, 1.82) is 0 Å². The van der Waals surface area contributed by atoms with Gasteiger partial charge in [0.2, 0.25) is 0 Å². The summed E-state index contributed by atoms with van der Waals surface area (Å²) >= 11 is 2.28. The van der Waals surface area contributed by atoms with E-state index in [2.05, 4.69) is 27.9 Å². The molecule has 0 bridgehead atoms. The number of non-ortho nitro benzene ring substituents is 1. The smallest absolute Gasteiger partial charge is 0.269 e. The van der Waals surface area contributed by atoms with Gasteiger partial charge in [-0.2, -0.15) is 0 Å². The molecule has 4 nitrogen and oxygen atoms in total. The van der Waals surface area contributed by atoms with Gasteiger partial charge in [0.05, 0.1) is 4.92 Å². The normalized spacial score (nSPS) is 11.9. The Morgan fingerprint density at radius 2 is 1.79 bits per heavy atom. The van der Waals surface area contributed by atoms with Gasteiger partial charge >= 0.3 is 0 Å². The molecule has 0 saturated carbocycles. The van der Waals surface area contributed by atoms with Crippen LogP contribution in [0.4, 0.5) is 11.4 Å². The number of anilines is 1. The monoisotopic (exact) mass is 368 g/mol. The minimum atomic E-state index is -0.387. The van der Waals surface area contributed by atoms with Crippen LogP contribution in [0.3, 0.4) is 0 Å². The third-order valence-corrected chi connectivity index (χ3v) is 3.79. The minimum Gasteiger partial charge on any atom is -0.378 e. The van der Waals surface area contributed by atoms with Crippen LogP contribution >= 0.6 is 22.6 Å². The Bertz CT molecular complexity index is 584. The van der Waals surface area contributed by atoms with Crippen molar-refractivity contribution in [2.24, 2.45) is 0 Å². The van der Waals surface area contributed by atoms with Crippen molar-refractivity contribution < 1.29 is 4.92 Å². The molecule has 0 aliphatic carbocycles. The number of hydrogen-bond acceptors (Lipinski definition) is 3. The van der Waals surface area contributed by atoms with E-state index in [-0.39, 0.29) is 16.7 Å². The second kappa shape index (κ2) is 6.01. The zero-order chi connectivity index (χ0) is 13.8. The average molecular weight is 368 g/mol. The fraction of sp³-hybridized carbons (Fsp3) is 0.143. The maximum Gasteiger partial charge on any atom is 0.269 e. The lowest BCUT2D eigenvalue weighted by Crippen LogP contribution is -2.07. The van der Waals surface area contributed by atoms with Gasteiger partial charge in [0.1, 0.15) is 0 Å². The van der Waals surface area contributed by atoms with E-state index in [9.17, 15) is 10.1 Å². The number of nitrogens with zero attached hydrogens (tertiary/aromatic N) is 1. The number of hydrogen-bond donors (Lipinski definition) is 1. The third kappa shape index (κ3) is 3.44. The maximum absolute atomic E-state index is 10.6. The Labute approximate surface area is 125 Å². The molecule has 0 aliphatic rings. The van der Waals surface area contributed by atoms with E-state index < -0.39 is 0 Å². The van der Waals surface area contributed by atoms with Crippen molar-refractivity contribution >= 4 is 34.0 Å². The predicted molar refractivity (Wildman–Crippen MR) is 84.3 cm³/mol. The van der Waals surface area contributed by atoms with Crippen LogP contribution in [0.25, 0.3) is 0 Å². The number of nitro benzene ring substituents is 1. The highest BCUT2D eigenvalue weighted by atomic mass is 127. The summed E-state index contributed by atoms with van der Waals surface area (Å²) in [6, 6.07) is 14.7. The highest BCUT2D eigenvalue weighted by Gasteiger charge is 2.09. The molecule has 2 aromatic rings.